The smallest absolute Gasteiger partial charge is 0.126 e. The molecule has 0 aliphatic heterocycles. The lowest BCUT2D eigenvalue weighted by molar-refractivity contribution is 0.211. The van der Waals surface area contributed by atoms with Gasteiger partial charge in [0, 0.05) is 12.0 Å². The zero-order chi connectivity index (χ0) is 11.1. The molecule has 1 aromatic rings. The molecule has 0 amide bonds. The maximum atomic E-state index is 13.4. The number of aliphatic hydroxyl groups excluding tert-OH is 1. The highest BCUT2D eigenvalue weighted by molar-refractivity contribution is 5.32. The van der Waals surface area contributed by atoms with Gasteiger partial charge in [0.05, 0.1) is 6.61 Å². The van der Waals surface area contributed by atoms with Crippen LogP contribution in [0.2, 0.25) is 0 Å². The zero-order valence-electron chi connectivity index (χ0n) is 8.21. The van der Waals surface area contributed by atoms with E-state index in [9.17, 15) is 8.78 Å². The van der Waals surface area contributed by atoms with E-state index in [1.807, 2.05) is 0 Å². The first-order valence-corrected chi connectivity index (χ1v) is 4.89. The third kappa shape index (κ3) is 1.64. The number of hydrogen-bond acceptors (Lipinski definition) is 2. The summed E-state index contributed by atoms with van der Waals surface area (Å²) in [7, 11) is 0. The Morgan fingerprint density at radius 3 is 2.73 bits per heavy atom. The highest BCUT2D eigenvalue weighted by atomic mass is 19.1. The van der Waals surface area contributed by atoms with Crippen molar-refractivity contribution in [2.45, 2.75) is 12.3 Å². The molecule has 3 N–H and O–H groups in total. The van der Waals surface area contributed by atoms with Gasteiger partial charge >= 0.3 is 0 Å². The maximum Gasteiger partial charge on any atom is 0.126 e. The third-order valence-electron chi connectivity index (χ3n) is 3.24. The van der Waals surface area contributed by atoms with Crippen LogP contribution in [0.5, 0.6) is 0 Å². The Morgan fingerprint density at radius 1 is 1.47 bits per heavy atom. The predicted molar refractivity (Wildman–Crippen MR) is 52.3 cm³/mol. The second-order valence-electron chi connectivity index (χ2n) is 4.15. The number of hydrogen-bond donors (Lipinski definition) is 2. The normalized spacial score (nSPS) is 29.2. The summed E-state index contributed by atoms with van der Waals surface area (Å²) in [5, 5.41) is 9.15. The summed E-state index contributed by atoms with van der Waals surface area (Å²) in [6.07, 6.45) is 0.625. The predicted octanol–water partition coefficient (Wildman–Crippen LogP) is 1.39. The average molecular weight is 213 g/mol. The number of aliphatic hydroxyl groups is 1. The Morgan fingerprint density at radius 2 is 2.20 bits per heavy atom. The molecule has 0 radical (unpaired) electrons. The van der Waals surface area contributed by atoms with Crippen LogP contribution in [0, 0.1) is 17.0 Å². The van der Waals surface area contributed by atoms with Crippen molar-refractivity contribution in [2.75, 3.05) is 13.2 Å². The molecule has 0 spiro atoms. The average Bonchev–Trinajstić information content (AvgIpc) is 2.97. The zero-order valence-corrected chi connectivity index (χ0v) is 8.21. The summed E-state index contributed by atoms with van der Waals surface area (Å²) in [4.78, 5) is 0. The van der Waals surface area contributed by atoms with E-state index in [1.54, 1.807) is 0 Å². The van der Waals surface area contributed by atoms with Crippen molar-refractivity contribution in [3.8, 4) is 0 Å². The number of nitrogens with two attached hydrogens (primary N) is 1. The van der Waals surface area contributed by atoms with E-state index in [0.717, 1.165) is 12.1 Å². The Balaban J connectivity index is 2.29. The molecule has 0 bridgehead atoms. The molecular formula is C11H13F2NO. The van der Waals surface area contributed by atoms with E-state index in [0.29, 0.717) is 18.5 Å². The van der Waals surface area contributed by atoms with Crippen LogP contribution >= 0.6 is 0 Å². The van der Waals surface area contributed by atoms with Gasteiger partial charge in [-0.1, -0.05) is 0 Å². The van der Waals surface area contributed by atoms with Crippen molar-refractivity contribution < 1.29 is 13.9 Å². The summed E-state index contributed by atoms with van der Waals surface area (Å²) in [5.74, 6) is -1.03. The Hall–Kier alpha value is -1.00. The van der Waals surface area contributed by atoms with Gasteiger partial charge in [-0.15, -0.1) is 0 Å². The summed E-state index contributed by atoms with van der Waals surface area (Å²) in [6, 6.07) is 3.39. The van der Waals surface area contributed by atoms with Gasteiger partial charge in [0.15, 0.2) is 0 Å². The third-order valence-corrected chi connectivity index (χ3v) is 3.24. The second kappa shape index (κ2) is 3.54. The van der Waals surface area contributed by atoms with E-state index in [2.05, 4.69) is 0 Å². The van der Waals surface area contributed by atoms with Crippen LogP contribution < -0.4 is 5.73 Å². The topological polar surface area (TPSA) is 46.2 Å². The van der Waals surface area contributed by atoms with E-state index in [-0.39, 0.29) is 12.5 Å². The molecular weight excluding hydrogens is 200 g/mol. The first-order valence-electron chi connectivity index (χ1n) is 4.89. The van der Waals surface area contributed by atoms with E-state index < -0.39 is 17.0 Å². The molecule has 1 aromatic carbocycles. The minimum atomic E-state index is -0.456. The van der Waals surface area contributed by atoms with Crippen molar-refractivity contribution in [3.05, 3.63) is 35.4 Å². The van der Waals surface area contributed by atoms with E-state index in [4.69, 9.17) is 10.8 Å². The lowest BCUT2D eigenvalue weighted by Gasteiger charge is -2.11. The molecule has 1 aliphatic rings. The molecule has 0 unspecified atom stereocenters. The lowest BCUT2D eigenvalue weighted by atomic mass is 9.99. The SMILES string of the molecule is NC[C@@]1(CO)C[C@@H]1c1cc(F)ccc1F. The Bertz CT molecular complexity index is 377. The standard InChI is InChI=1S/C11H13F2NO/c12-7-1-2-10(13)8(3-7)9-4-11(9,5-14)6-15/h1-3,9,15H,4-6,14H2/t9-,11-/m1/s1. The summed E-state index contributed by atoms with van der Waals surface area (Å²) in [5.41, 5.74) is 5.41. The molecule has 2 rings (SSSR count). The molecule has 15 heavy (non-hydrogen) atoms. The fourth-order valence-electron chi connectivity index (χ4n) is 2.03. The number of rotatable bonds is 3. The first-order chi connectivity index (χ1) is 7.13. The summed E-state index contributed by atoms with van der Waals surface area (Å²) in [6.45, 7) is 0.217. The van der Waals surface area contributed by atoms with Crippen molar-refractivity contribution in [3.63, 3.8) is 0 Å². The molecule has 1 saturated carbocycles. The Kier molecular flexibility index (Phi) is 2.48. The highest BCUT2D eigenvalue weighted by Gasteiger charge is 2.54. The lowest BCUT2D eigenvalue weighted by Crippen LogP contribution is -2.21. The number of benzene rings is 1. The van der Waals surface area contributed by atoms with E-state index >= 15 is 0 Å². The molecule has 0 saturated heterocycles. The van der Waals surface area contributed by atoms with Crippen molar-refractivity contribution >= 4 is 0 Å². The molecule has 1 fully saturated rings. The summed E-state index contributed by atoms with van der Waals surface area (Å²) < 4.78 is 26.3. The summed E-state index contributed by atoms with van der Waals surface area (Å²) >= 11 is 0. The van der Waals surface area contributed by atoms with Crippen LogP contribution in [-0.2, 0) is 0 Å². The van der Waals surface area contributed by atoms with Crippen LogP contribution in [0.1, 0.15) is 17.9 Å². The second-order valence-corrected chi connectivity index (χ2v) is 4.15. The minimum absolute atomic E-state index is 0.0792. The van der Waals surface area contributed by atoms with Gasteiger partial charge in [-0.05, 0) is 36.1 Å². The monoisotopic (exact) mass is 213 g/mol. The Labute approximate surface area is 86.7 Å². The number of halogens is 2. The van der Waals surface area contributed by atoms with Gasteiger partial charge in [0.1, 0.15) is 11.6 Å². The van der Waals surface area contributed by atoms with Gasteiger partial charge < -0.3 is 10.8 Å². The highest BCUT2D eigenvalue weighted by Crippen LogP contribution is 2.58. The molecule has 0 heterocycles. The van der Waals surface area contributed by atoms with Crippen LogP contribution in [0.25, 0.3) is 0 Å². The van der Waals surface area contributed by atoms with Gasteiger partial charge in [-0.25, -0.2) is 8.78 Å². The van der Waals surface area contributed by atoms with Crippen molar-refractivity contribution in [2.24, 2.45) is 11.1 Å². The molecule has 2 atom stereocenters. The van der Waals surface area contributed by atoms with Crippen LogP contribution in [0.3, 0.4) is 0 Å². The molecule has 0 aromatic heterocycles. The minimum Gasteiger partial charge on any atom is -0.396 e. The first kappa shape index (κ1) is 10.5. The van der Waals surface area contributed by atoms with Crippen LogP contribution in [0.15, 0.2) is 18.2 Å². The quantitative estimate of drug-likeness (QED) is 0.797. The van der Waals surface area contributed by atoms with Gasteiger partial charge in [0.25, 0.3) is 0 Å². The largest absolute Gasteiger partial charge is 0.396 e. The van der Waals surface area contributed by atoms with Gasteiger partial charge in [0.2, 0.25) is 0 Å². The van der Waals surface area contributed by atoms with Crippen molar-refractivity contribution in [1.29, 1.82) is 0 Å². The maximum absolute atomic E-state index is 13.4. The van der Waals surface area contributed by atoms with Crippen LogP contribution in [0.4, 0.5) is 8.78 Å². The molecule has 82 valence electrons. The molecule has 1 aliphatic carbocycles. The molecule has 2 nitrogen and oxygen atoms in total. The van der Waals surface area contributed by atoms with E-state index in [1.165, 1.54) is 6.07 Å². The fraction of sp³-hybridized carbons (Fsp3) is 0.455. The van der Waals surface area contributed by atoms with Crippen molar-refractivity contribution in [1.82, 2.24) is 0 Å². The molecule has 4 heteroatoms. The van der Waals surface area contributed by atoms with Gasteiger partial charge in [-0.3, -0.25) is 0 Å². The van der Waals surface area contributed by atoms with Gasteiger partial charge in [-0.2, -0.15) is 0 Å². The fourth-order valence-corrected chi connectivity index (χ4v) is 2.03. The van der Waals surface area contributed by atoms with Crippen LogP contribution in [-0.4, -0.2) is 18.3 Å².